The molecule has 0 aliphatic carbocycles. The molecule has 0 aromatic heterocycles. The van der Waals surface area contributed by atoms with Gasteiger partial charge in [-0.2, -0.15) is 8.78 Å². The van der Waals surface area contributed by atoms with Crippen LogP contribution in [0.2, 0.25) is 0 Å². The number of nitrogens with one attached hydrogen (secondary N) is 1. The number of methoxy groups -OCH3 is 1. The van der Waals surface area contributed by atoms with Crippen molar-refractivity contribution in [3.05, 3.63) is 59.4 Å². The van der Waals surface area contributed by atoms with E-state index in [0.717, 1.165) is 12.0 Å². The van der Waals surface area contributed by atoms with E-state index in [1.54, 1.807) is 29.2 Å². The molecule has 6 nitrogen and oxygen atoms in total. The number of amides is 2. The van der Waals surface area contributed by atoms with Crippen molar-refractivity contribution in [1.82, 2.24) is 10.2 Å². The van der Waals surface area contributed by atoms with Crippen molar-refractivity contribution in [3.8, 4) is 11.5 Å². The molecule has 1 saturated heterocycles. The number of benzene rings is 2. The summed E-state index contributed by atoms with van der Waals surface area (Å²) in [6.45, 7) is -1.73. The summed E-state index contributed by atoms with van der Waals surface area (Å²) in [6, 6.07) is 10.5. The Hall–Kier alpha value is -3.23. The van der Waals surface area contributed by atoms with E-state index in [1.165, 1.54) is 25.3 Å². The van der Waals surface area contributed by atoms with E-state index >= 15 is 0 Å². The lowest BCUT2D eigenvalue weighted by Gasteiger charge is -2.32. The van der Waals surface area contributed by atoms with Crippen LogP contribution in [0.25, 0.3) is 0 Å². The molecule has 2 aromatic carbocycles. The number of piperidine rings is 1. The number of alkyl halides is 2. The zero-order valence-electron chi connectivity index (χ0n) is 18.4. The third-order valence-electron chi connectivity index (χ3n) is 5.57. The second-order valence-electron chi connectivity index (χ2n) is 7.89. The number of carbonyl (C=O) groups excluding carboxylic acids is 2. The maximum absolute atomic E-state index is 13.1. The van der Waals surface area contributed by atoms with Gasteiger partial charge in [0.2, 0.25) is 11.8 Å². The van der Waals surface area contributed by atoms with Crippen molar-refractivity contribution >= 4 is 11.8 Å². The summed E-state index contributed by atoms with van der Waals surface area (Å²) < 4.78 is 47.7. The predicted molar refractivity (Wildman–Crippen MR) is 116 cm³/mol. The van der Waals surface area contributed by atoms with Crippen LogP contribution in [0.5, 0.6) is 11.5 Å². The Morgan fingerprint density at radius 2 is 1.85 bits per heavy atom. The van der Waals surface area contributed by atoms with Crippen molar-refractivity contribution in [1.29, 1.82) is 0 Å². The minimum Gasteiger partial charge on any atom is -0.493 e. The maximum Gasteiger partial charge on any atom is 0.387 e. The van der Waals surface area contributed by atoms with Gasteiger partial charge in [0.05, 0.1) is 19.4 Å². The molecule has 2 amide bonds. The van der Waals surface area contributed by atoms with Gasteiger partial charge in [0.25, 0.3) is 0 Å². The molecule has 2 aromatic rings. The van der Waals surface area contributed by atoms with E-state index in [4.69, 9.17) is 4.74 Å². The Labute approximate surface area is 190 Å². The highest BCUT2D eigenvalue weighted by Crippen LogP contribution is 2.29. The van der Waals surface area contributed by atoms with Crippen molar-refractivity contribution < 1.29 is 32.2 Å². The molecule has 1 unspecified atom stereocenters. The predicted octanol–water partition coefficient (Wildman–Crippen LogP) is 3.58. The molecule has 0 radical (unpaired) electrons. The highest BCUT2D eigenvalue weighted by Gasteiger charge is 2.28. The molecular formula is C24H27F3N2O4. The molecule has 0 bridgehead atoms. The lowest BCUT2D eigenvalue weighted by molar-refractivity contribution is -0.135. The zero-order chi connectivity index (χ0) is 23.8. The fraction of sp³-hybridized carbons (Fsp3) is 0.417. The quantitative estimate of drug-likeness (QED) is 0.616. The third kappa shape index (κ3) is 7.13. The SMILES string of the molecule is COc1ccc(CCNC(=O)C2CCCN(C(=O)Cc3ccc(F)cc3)C2)cc1OC(F)F. The zero-order valence-corrected chi connectivity index (χ0v) is 18.4. The minimum absolute atomic E-state index is 0.0566. The van der Waals surface area contributed by atoms with Gasteiger partial charge < -0.3 is 19.7 Å². The Kier molecular flexibility index (Phi) is 8.57. The fourth-order valence-corrected chi connectivity index (χ4v) is 3.85. The summed E-state index contributed by atoms with van der Waals surface area (Å²) in [6.07, 6.45) is 1.99. The Balaban J connectivity index is 1.49. The first-order chi connectivity index (χ1) is 15.9. The van der Waals surface area contributed by atoms with Gasteiger partial charge in [-0.25, -0.2) is 4.39 Å². The molecule has 33 heavy (non-hydrogen) atoms. The van der Waals surface area contributed by atoms with Gasteiger partial charge in [0, 0.05) is 19.6 Å². The fourth-order valence-electron chi connectivity index (χ4n) is 3.85. The van der Waals surface area contributed by atoms with Crippen molar-refractivity contribution in [2.75, 3.05) is 26.7 Å². The first kappa shape index (κ1) is 24.4. The number of likely N-dealkylation sites (tertiary alicyclic amines) is 1. The Morgan fingerprint density at radius 1 is 1.12 bits per heavy atom. The van der Waals surface area contributed by atoms with Gasteiger partial charge in [-0.3, -0.25) is 9.59 Å². The van der Waals surface area contributed by atoms with Crippen LogP contribution in [0.15, 0.2) is 42.5 Å². The number of ether oxygens (including phenoxy) is 2. The summed E-state index contributed by atoms with van der Waals surface area (Å²) in [5, 5.41) is 2.87. The number of nitrogens with zero attached hydrogens (tertiary/aromatic N) is 1. The number of rotatable bonds is 9. The van der Waals surface area contributed by atoms with Crippen molar-refractivity contribution in [2.45, 2.75) is 32.3 Å². The van der Waals surface area contributed by atoms with Crippen LogP contribution in [0, 0.1) is 11.7 Å². The number of hydrogen-bond donors (Lipinski definition) is 1. The summed E-state index contributed by atoms with van der Waals surface area (Å²) in [4.78, 5) is 26.9. The molecule has 1 heterocycles. The third-order valence-corrected chi connectivity index (χ3v) is 5.57. The van der Waals surface area contributed by atoms with Crippen LogP contribution >= 0.6 is 0 Å². The molecule has 1 N–H and O–H groups in total. The summed E-state index contributed by atoms with van der Waals surface area (Å²) in [5.41, 5.74) is 1.44. The maximum atomic E-state index is 13.1. The largest absolute Gasteiger partial charge is 0.493 e. The second-order valence-corrected chi connectivity index (χ2v) is 7.89. The Bertz CT molecular complexity index is 953. The van der Waals surface area contributed by atoms with E-state index in [-0.39, 0.29) is 41.5 Å². The monoisotopic (exact) mass is 464 g/mol. The summed E-state index contributed by atoms with van der Waals surface area (Å²) in [7, 11) is 1.37. The molecule has 1 fully saturated rings. The highest BCUT2D eigenvalue weighted by atomic mass is 19.3. The van der Waals surface area contributed by atoms with Crippen LogP contribution in [0.4, 0.5) is 13.2 Å². The Morgan fingerprint density at radius 3 is 2.55 bits per heavy atom. The van der Waals surface area contributed by atoms with E-state index in [9.17, 15) is 22.8 Å². The van der Waals surface area contributed by atoms with E-state index in [1.807, 2.05) is 0 Å². The lowest BCUT2D eigenvalue weighted by Crippen LogP contribution is -2.46. The number of hydrogen-bond acceptors (Lipinski definition) is 4. The number of halogens is 3. The van der Waals surface area contributed by atoms with E-state index in [2.05, 4.69) is 10.1 Å². The van der Waals surface area contributed by atoms with E-state index < -0.39 is 6.61 Å². The molecule has 0 spiro atoms. The van der Waals surface area contributed by atoms with Crippen LogP contribution in [0.1, 0.15) is 24.0 Å². The van der Waals surface area contributed by atoms with Crippen LogP contribution < -0.4 is 14.8 Å². The first-order valence-electron chi connectivity index (χ1n) is 10.8. The molecule has 1 aliphatic heterocycles. The highest BCUT2D eigenvalue weighted by molar-refractivity contribution is 5.82. The van der Waals surface area contributed by atoms with Gasteiger partial charge in [-0.1, -0.05) is 18.2 Å². The van der Waals surface area contributed by atoms with Gasteiger partial charge in [-0.05, 0) is 54.7 Å². The van der Waals surface area contributed by atoms with Crippen LogP contribution in [-0.4, -0.2) is 50.1 Å². The van der Waals surface area contributed by atoms with Crippen molar-refractivity contribution in [2.24, 2.45) is 5.92 Å². The standard InChI is InChI=1S/C24H27F3N2O4/c1-32-20-9-6-17(13-21(20)33-24(26)27)10-11-28-23(31)18-3-2-12-29(15-18)22(30)14-16-4-7-19(25)8-5-16/h4-9,13,18,24H,2-3,10-12,14-15H2,1H3,(H,28,31). The molecule has 178 valence electrons. The van der Waals surface area contributed by atoms with E-state index in [0.29, 0.717) is 38.0 Å². The van der Waals surface area contributed by atoms with Gasteiger partial charge >= 0.3 is 6.61 Å². The molecule has 0 saturated carbocycles. The normalized spacial score (nSPS) is 15.9. The summed E-state index contributed by atoms with van der Waals surface area (Å²) in [5.74, 6) is -0.761. The van der Waals surface area contributed by atoms with Gasteiger partial charge in [0.1, 0.15) is 5.82 Å². The molecule has 3 rings (SSSR count). The van der Waals surface area contributed by atoms with Gasteiger partial charge in [0.15, 0.2) is 11.5 Å². The summed E-state index contributed by atoms with van der Waals surface area (Å²) >= 11 is 0. The minimum atomic E-state index is -2.96. The van der Waals surface area contributed by atoms with Crippen LogP contribution in [0.3, 0.4) is 0 Å². The second kappa shape index (κ2) is 11.6. The molecular weight excluding hydrogens is 437 g/mol. The van der Waals surface area contributed by atoms with Gasteiger partial charge in [-0.15, -0.1) is 0 Å². The topological polar surface area (TPSA) is 67.9 Å². The average molecular weight is 464 g/mol. The number of carbonyl (C=O) groups is 2. The first-order valence-corrected chi connectivity index (χ1v) is 10.8. The smallest absolute Gasteiger partial charge is 0.387 e. The molecule has 1 aliphatic rings. The lowest BCUT2D eigenvalue weighted by atomic mass is 9.96. The van der Waals surface area contributed by atoms with Crippen LogP contribution in [-0.2, 0) is 22.4 Å². The molecule has 9 heteroatoms. The molecule has 1 atom stereocenters. The van der Waals surface area contributed by atoms with Crippen molar-refractivity contribution in [3.63, 3.8) is 0 Å². The average Bonchev–Trinajstić information content (AvgIpc) is 2.80.